The fraction of sp³-hybridized carbons (Fsp3) is 0.143. The molecule has 152 valence electrons. The maximum absolute atomic E-state index is 12.6. The van der Waals surface area contributed by atoms with Crippen LogP contribution in [-0.2, 0) is 14.4 Å². The number of carbonyl (C=O) groups is 3. The van der Waals surface area contributed by atoms with Crippen molar-refractivity contribution in [2.75, 3.05) is 22.1 Å². The molecule has 0 atom stereocenters. The summed E-state index contributed by atoms with van der Waals surface area (Å²) in [6.45, 7) is -0.0611. The van der Waals surface area contributed by atoms with Gasteiger partial charge in [-0.25, -0.2) is 4.98 Å². The Morgan fingerprint density at radius 2 is 1.90 bits per heavy atom. The quantitative estimate of drug-likeness (QED) is 0.623. The highest BCUT2D eigenvalue weighted by Crippen LogP contribution is 2.30. The maximum atomic E-state index is 12.6. The second-order valence-electron chi connectivity index (χ2n) is 6.64. The number of amides is 3. The van der Waals surface area contributed by atoms with Gasteiger partial charge in [-0.3, -0.25) is 14.4 Å². The summed E-state index contributed by atoms with van der Waals surface area (Å²) >= 11 is 7.20. The van der Waals surface area contributed by atoms with Crippen LogP contribution in [0.5, 0.6) is 0 Å². The lowest BCUT2D eigenvalue weighted by molar-refractivity contribution is -0.124. The minimum absolute atomic E-state index is 0.00498. The van der Waals surface area contributed by atoms with E-state index < -0.39 is 0 Å². The lowest BCUT2D eigenvalue weighted by Crippen LogP contribution is -2.42. The van der Waals surface area contributed by atoms with Crippen LogP contribution in [-0.4, -0.2) is 29.3 Å². The second-order valence-corrected chi connectivity index (χ2v) is 7.93. The molecule has 1 aliphatic heterocycles. The first-order chi connectivity index (χ1) is 14.5. The Bertz CT molecular complexity index is 1110. The minimum atomic E-state index is -0.310. The molecule has 3 aromatic rings. The lowest BCUT2D eigenvalue weighted by Gasteiger charge is -2.29. The van der Waals surface area contributed by atoms with Gasteiger partial charge in [-0.2, -0.15) is 0 Å². The van der Waals surface area contributed by atoms with Gasteiger partial charge >= 0.3 is 0 Å². The molecule has 0 unspecified atom stereocenters. The van der Waals surface area contributed by atoms with Gasteiger partial charge in [0, 0.05) is 28.8 Å². The molecule has 0 fully saturated rings. The highest BCUT2D eigenvalue weighted by Gasteiger charge is 2.26. The average molecular weight is 441 g/mol. The average Bonchev–Trinajstić information content (AvgIpc) is 3.20. The van der Waals surface area contributed by atoms with Crippen molar-refractivity contribution in [1.82, 2.24) is 4.98 Å². The molecule has 1 aromatic heterocycles. The SMILES string of the molecule is O=C(CCC(=O)N1CC(=O)Nc2ccccc21)Nc1nc(-c2ccc(Cl)cc2)cs1. The summed E-state index contributed by atoms with van der Waals surface area (Å²) in [5.41, 5.74) is 2.85. The van der Waals surface area contributed by atoms with Crippen LogP contribution >= 0.6 is 22.9 Å². The summed E-state index contributed by atoms with van der Waals surface area (Å²) in [7, 11) is 0. The van der Waals surface area contributed by atoms with Gasteiger partial charge < -0.3 is 15.5 Å². The third-order valence-electron chi connectivity index (χ3n) is 4.53. The second kappa shape index (κ2) is 8.64. The van der Waals surface area contributed by atoms with Gasteiger partial charge in [0.05, 0.1) is 17.1 Å². The molecule has 30 heavy (non-hydrogen) atoms. The Hall–Kier alpha value is -3.23. The van der Waals surface area contributed by atoms with Crippen molar-refractivity contribution in [3.63, 3.8) is 0 Å². The van der Waals surface area contributed by atoms with E-state index in [4.69, 9.17) is 11.6 Å². The van der Waals surface area contributed by atoms with Gasteiger partial charge in [0.1, 0.15) is 6.54 Å². The number of benzene rings is 2. The maximum Gasteiger partial charge on any atom is 0.244 e. The van der Waals surface area contributed by atoms with Crippen LogP contribution in [0.2, 0.25) is 5.02 Å². The van der Waals surface area contributed by atoms with Crippen molar-refractivity contribution >= 4 is 57.2 Å². The largest absolute Gasteiger partial charge is 0.323 e. The van der Waals surface area contributed by atoms with E-state index in [-0.39, 0.29) is 37.1 Å². The summed E-state index contributed by atoms with van der Waals surface area (Å²) in [5, 5.41) is 8.40. The molecule has 0 radical (unpaired) electrons. The van der Waals surface area contributed by atoms with E-state index >= 15 is 0 Å². The van der Waals surface area contributed by atoms with Crippen LogP contribution in [0.3, 0.4) is 0 Å². The monoisotopic (exact) mass is 440 g/mol. The molecule has 0 bridgehead atoms. The molecule has 3 amide bonds. The Labute approximate surface area is 181 Å². The molecular weight excluding hydrogens is 424 g/mol. The van der Waals surface area contributed by atoms with Crippen molar-refractivity contribution in [1.29, 1.82) is 0 Å². The smallest absolute Gasteiger partial charge is 0.244 e. The van der Waals surface area contributed by atoms with Gasteiger partial charge in [0.15, 0.2) is 5.13 Å². The van der Waals surface area contributed by atoms with E-state index in [1.165, 1.54) is 16.2 Å². The van der Waals surface area contributed by atoms with Crippen LogP contribution in [0.25, 0.3) is 11.3 Å². The van der Waals surface area contributed by atoms with Crippen LogP contribution in [0.4, 0.5) is 16.5 Å². The number of nitrogens with zero attached hydrogens (tertiary/aromatic N) is 2. The van der Waals surface area contributed by atoms with Crippen molar-refractivity contribution in [2.24, 2.45) is 0 Å². The lowest BCUT2D eigenvalue weighted by atomic mass is 10.1. The zero-order valence-corrected chi connectivity index (χ0v) is 17.3. The number of anilines is 3. The molecular formula is C21H17ClN4O3S. The molecule has 0 saturated heterocycles. The van der Waals surface area contributed by atoms with Crippen molar-refractivity contribution in [3.05, 3.63) is 58.9 Å². The van der Waals surface area contributed by atoms with Gasteiger partial charge in [0.2, 0.25) is 17.7 Å². The van der Waals surface area contributed by atoms with Gasteiger partial charge in [-0.15, -0.1) is 11.3 Å². The highest BCUT2D eigenvalue weighted by atomic mass is 35.5. The minimum Gasteiger partial charge on any atom is -0.323 e. The molecule has 1 aliphatic rings. The van der Waals surface area contributed by atoms with Crippen LogP contribution in [0, 0.1) is 0 Å². The first kappa shape index (κ1) is 20.1. The van der Waals surface area contributed by atoms with E-state index in [2.05, 4.69) is 15.6 Å². The first-order valence-corrected chi connectivity index (χ1v) is 10.5. The van der Waals surface area contributed by atoms with Crippen LogP contribution < -0.4 is 15.5 Å². The van der Waals surface area contributed by atoms with Crippen LogP contribution in [0.15, 0.2) is 53.9 Å². The number of nitrogens with one attached hydrogen (secondary N) is 2. The zero-order chi connectivity index (χ0) is 21.1. The molecule has 0 saturated carbocycles. The number of aromatic nitrogens is 1. The van der Waals surface area contributed by atoms with Gasteiger partial charge in [-0.05, 0) is 24.3 Å². The number of thiazole rings is 1. The summed E-state index contributed by atoms with van der Waals surface area (Å²) in [6.07, 6.45) is -0.0160. The molecule has 0 aliphatic carbocycles. The fourth-order valence-electron chi connectivity index (χ4n) is 3.08. The van der Waals surface area contributed by atoms with E-state index in [0.29, 0.717) is 21.5 Å². The topological polar surface area (TPSA) is 91.4 Å². The van der Waals surface area contributed by atoms with Crippen LogP contribution in [0.1, 0.15) is 12.8 Å². The molecule has 4 rings (SSSR count). The third-order valence-corrected chi connectivity index (χ3v) is 5.54. The number of hydrogen-bond acceptors (Lipinski definition) is 5. The number of rotatable bonds is 5. The molecule has 9 heteroatoms. The summed E-state index contributed by atoms with van der Waals surface area (Å²) in [5.74, 6) is -0.854. The standard InChI is InChI=1S/C21H17ClN4O3S/c22-14-7-5-13(6-8-14)16-12-30-21(24-16)25-18(27)9-10-20(29)26-11-19(28)23-15-3-1-2-4-17(15)26/h1-8,12H,9-11H2,(H,23,28)(H,24,25,27). The van der Waals surface area contributed by atoms with E-state index in [0.717, 1.165) is 11.3 Å². The fourth-order valence-corrected chi connectivity index (χ4v) is 3.94. The number of fused-ring (bicyclic) bond motifs is 1. The predicted molar refractivity (Wildman–Crippen MR) is 118 cm³/mol. The number of para-hydroxylation sites is 2. The predicted octanol–water partition coefficient (Wildman–Crippen LogP) is 4.17. The Kier molecular flexibility index (Phi) is 5.78. The molecule has 7 nitrogen and oxygen atoms in total. The van der Waals surface area contributed by atoms with E-state index in [9.17, 15) is 14.4 Å². The summed E-state index contributed by atoms with van der Waals surface area (Å²) < 4.78 is 0. The molecule has 2 N–H and O–H groups in total. The van der Waals surface area contributed by atoms with Crippen molar-refractivity contribution < 1.29 is 14.4 Å². The number of halogens is 1. The first-order valence-electron chi connectivity index (χ1n) is 9.20. The molecule has 2 heterocycles. The van der Waals surface area contributed by atoms with Gasteiger partial charge in [0.25, 0.3) is 0 Å². The zero-order valence-electron chi connectivity index (χ0n) is 15.7. The van der Waals surface area contributed by atoms with E-state index in [1.54, 1.807) is 36.4 Å². The molecule has 2 aromatic carbocycles. The van der Waals surface area contributed by atoms with E-state index in [1.807, 2.05) is 17.5 Å². The normalized spacial score (nSPS) is 12.8. The third kappa shape index (κ3) is 4.50. The molecule has 0 spiro atoms. The number of hydrogen-bond donors (Lipinski definition) is 2. The Morgan fingerprint density at radius 1 is 1.13 bits per heavy atom. The van der Waals surface area contributed by atoms with Gasteiger partial charge in [-0.1, -0.05) is 35.9 Å². The highest BCUT2D eigenvalue weighted by molar-refractivity contribution is 7.14. The summed E-state index contributed by atoms with van der Waals surface area (Å²) in [6, 6.07) is 14.3. The summed E-state index contributed by atoms with van der Waals surface area (Å²) in [4.78, 5) is 42.6. The number of carbonyl (C=O) groups excluding carboxylic acids is 3. The van der Waals surface area contributed by atoms with Crippen molar-refractivity contribution in [3.8, 4) is 11.3 Å². The Balaban J connectivity index is 1.35. The Morgan fingerprint density at radius 3 is 2.70 bits per heavy atom. The van der Waals surface area contributed by atoms with Crippen molar-refractivity contribution in [2.45, 2.75) is 12.8 Å².